The van der Waals surface area contributed by atoms with Crippen molar-refractivity contribution in [2.24, 2.45) is 5.73 Å². The van der Waals surface area contributed by atoms with E-state index in [1.807, 2.05) is 36.6 Å². The van der Waals surface area contributed by atoms with Gasteiger partial charge in [0.15, 0.2) is 0 Å². The first-order valence-corrected chi connectivity index (χ1v) is 8.26. The average Bonchev–Trinajstić information content (AvgIpc) is 2.40. The molecule has 1 aromatic carbocycles. The van der Waals surface area contributed by atoms with E-state index < -0.39 is 0 Å². The number of benzene rings is 1. The molecule has 3 N–H and O–H groups in total. The average molecular weight is 354 g/mol. The lowest BCUT2D eigenvalue weighted by atomic mass is 10.2. The molecule has 0 aliphatic carbocycles. The van der Waals surface area contributed by atoms with Crippen LogP contribution in [0.2, 0.25) is 0 Å². The highest BCUT2D eigenvalue weighted by atomic mass is 79.9. The number of nitrogens with zero attached hydrogens (tertiary/aromatic N) is 1. The van der Waals surface area contributed by atoms with Crippen molar-refractivity contribution in [3.05, 3.63) is 46.6 Å². The van der Waals surface area contributed by atoms with Gasteiger partial charge in [0, 0.05) is 21.6 Å². The molecule has 0 unspecified atom stereocenters. The van der Waals surface area contributed by atoms with E-state index in [4.69, 9.17) is 11.1 Å². The maximum absolute atomic E-state index is 7.76. The zero-order chi connectivity index (χ0) is 13.8. The summed E-state index contributed by atoms with van der Waals surface area (Å²) in [7, 11) is 0. The van der Waals surface area contributed by atoms with Gasteiger partial charge in [-0.05, 0) is 46.5 Å². The predicted octanol–water partition coefficient (Wildman–Crippen LogP) is 4.00. The Bertz CT molecular complexity index is 617. The molecule has 0 saturated carbocycles. The molecule has 0 aliphatic heterocycles. The fourth-order valence-electron chi connectivity index (χ4n) is 1.58. The van der Waals surface area contributed by atoms with Crippen LogP contribution in [0.3, 0.4) is 0 Å². The number of aromatic nitrogens is 1. The number of pyridine rings is 1. The summed E-state index contributed by atoms with van der Waals surface area (Å²) >= 11 is 6.57. The Kier molecular flexibility index (Phi) is 4.90. The number of rotatable bonds is 4. The first kappa shape index (κ1) is 14.4. The molecular weight excluding hydrogens is 342 g/mol. The Balaban J connectivity index is 2.46. The lowest BCUT2D eigenvalue weighted by molar-refractivity contribution is 1.10. The molecule has 2 aromatic rings. The summed E-state index contributed by atoms with van der Waals surface area (Å²) in [5, 5.41) is 8.62. The van der Waals surface area contributed by atoms with Crippen molar-refractivity contribution in [3.8, 4) is 0 Å². The molecule has 1 aromatic heterocycles. The Labute approximate surface area is 129 Å². The van der Waals surface area contributed by atoms with Gasteiger partial charge in [0.25, 0.3) is 0 Å². The van der Waals surface area contributed by atoms with Gasteiger partial charge in [0.2, 0.25) is 0 Å². The van der Waals surface area contributed by atoms with Crippen LogP contribution >= 0.6 is 39.5 Å². The summed E-state index contributed by atoms with van der Waals surface area (Å²) in [6.45, 7) is 0. The minimum Gasteiger partial charge on any atom is -0.384 e. The minimum absolute atomic E-state index is 0.0829. The lowest BCUT2D eigenvalue weighted by Gasteiger charge is -2.11. The van der Waals surface area contributed by atoms with E-state index in [9.17, 15) is 0 Å². The number of hydrogen-bond donors (Lipinski definition) is 2. The van der Waals surface area contributed by atoms with Gasteiger partial charge in [-0.25, -0.2) is 4.98 Å². The third kappa shape index (κ3) is 3.32. The summed E-state index contributed by atoms with van der Waals surface area (Å²) in [6.07, 6.45) is 3.73. The van der Waals surface area contributed by atoms with Gasteiger partial charge in [-0.2, -0.15) is 0 Å². The van der Waals surface area contributed by atoms with Crippen LogP contribution in [0.5, 0.6) is 0 Å². The Hall–Kier alpha value is -0.980. The number of amidine groups is 1. The number of thioether (sulfide) groups is 1. The fourth-order valence-corrected chi connectivity index (χ4v) is 3.74. The summed E-state index contributed by atoms with van der Waals surface area (Å²) in [6, 6.07) is 9.72. The van der Waals surface area contributed by atoms with Crippen molar-refractivity contribution in [2.45, 2.75) is 14.8 Å². The zero-order valence-electron chi connectivity index (χ0n) is 10.2. The molecule has 0 radical (unpaired) electrons. The van der Waals surface area contributed by atoms with Crippen LogP contribution in [0, 0.1) is 5.41 Å². The predicted molar refractivity (Wildman–Crippen MR) is 85.3 cm³/mol. The second-order valence-corrected chi connectivity index (χ2v) is 6.37. The van der Waals surface area contributed by atoms with Gasteiger partial charge in [-0.15, -0.1) is 11.8 Å². The molecule has 2 rings (SSSR count). The standard InChI is InChI=1S/C13H12BrN3S2/c1-18-9-5-2-6-10(11(9)12(15)16)19-13-8(14)4-3-7-17-13/h2-7H,1H3,(H3,15,16). The van der Waals surface area contributed by atoms with E-state index in [-0.39, 0.29) is 5.84 Å². The van der Waals surface area contributed by atoms with E-state index in [0.29, 0.717) is 0 Å². The largest absolute Gasteiger partial charge is 0.384 e. The molecule has 1 heterocycles. The monoisotopic (exact) mass is 353 g/mol. The maximum Gasteiger partial charge on any atom is 0.125 e. The van der Waals surface area contributed by atoms with E-state index in [1.54, 1.807) is 18.0 Å². The first-order chi connectivity index (χ1) is 9.13. The van der Waals surface area contributed by atoms with Crippen LogP contribution in [-0.2, 0) is 0 Å². The van der Waals surface area contributed by atoms with Crippen LogP contribution in [0.1, 0.15) is 5.56 Å². The van der Waals surface area contributed by atoms with E-state index in [1.165, 1.54) is 11.8 Å². The van der Waals surface area contributed by atoms with Crippen molar-refractivity contribution < 1.29 is 0 Å². The van der Waals surface area contributed by atoms with Crippen molar-refractivity contribution in [2.75, 3.05) is 6.26 Å². The van der Waals surface area contributed by atoms with Gasteiger partial charge in [0.1, 0.15) is 10.9 Å². The van der Waals surface area contributed by atoms with Crippen LogP contribution in [0.25, 0.3) is 0 Å². The topological polar surface area (TPSA) is 62.8 Å². The highest BCUT2D eigenvalue weighted by molar-refractivity contribution is 9.10. The van der Waals surface area contributed by atoms with E-state index in [0.717, 1.165) is 24.9 Å². The second-order valence-electron chi connectivity index (χ2n) is 3.64. The fraction of sp³-hybridized carbons (Fsp3) is 0.0769. The number of halogens is 1. The van der Waals surface area contributed by atoms with Crippen LogP contribution in [0.4, 0.5) is 0 Å². The molecule has 0 atom stereocenters. The Morgan fingerprint density at radius 2 is 2.00 bits per heavy atom. The number of nitrogens with two attached hydrogens (primary N) is 1. The van der Waals surface area contributed by atoms with Gasteiger partial charge in [-0.1, -0.05) is 17.8 Å². The van der Waals surface area contributed by atoms with Crippen LogP contribution in [0.15, 0.2) is 55.8 Å². The Morgan fingerprint density at radius 1 is 1.26 bits per heavy atom. The zero-order valence-corrected chi connectivity index (χ0v) is 13.4. The van der Waals surface area contributed by atoms with E-state index >= 15 is 0 Å². The highest BCUT2D eigenvalue weighted by Gasteiger charge is 2.13. The maximum atomic E-state index is 7.76. The molecule has 3 nitrogen and oxygen atoms in total. The SMILES string of the molecule is CSc1cccc(Sc2ncccc2Br)c1C(=N)N. The minimum atomic E-state index is 0.0829. The van der Waals surface area contributed by atoms with Gasteiger partial charge < -0.3 is 5.73 Å². The molecule has 98 valence electrons. The van der Waals surface area contributed by atoms with Crippen molar-refractivity contribution >= 4 is 45.3 Å². The third-order valence-corrected chi connectivity index (χ3v) is 5.17. The summed E-state index contributed by atoms with van der Waals surface area (Å²) < 4.78 is 0.934. The normalized spacial score (nSPS) is 10.4. The second kappa shape index (κ2) is 6.45. The van der Waals surface area contributed by atoms with Crippen LogP contribution in [-0.4, -0.2) is 17.1 Å². The molecule has 19 heavy (non-hydrogen) atoms. The van der Waals surface area contributed by atoms with E-state index in [2.05, 4.69) is 20.9 Å². The number of nitrogen functional groups attached to an aromatic ring is 1. The number of hydrogen-bond acceptors (Lipinski definition) is 4. The quantitative estimate of drug-likeness (QED) is 0.495. The van der Waals surface area contributed by atoms with Crippen molar-refractivity contribution in [3.63, 3.8) is 0 Å². The molecule has 0 amide bonds. The Morgan fingerprint density at radius 3 is 2.63 bits per heavy atom. The first-order valence-electron chi connectivity index (χ1n) is 5.43. The van der Waals surface area contributed by atoms with Gasteiger partial charge in [-0.3, -0.25) is 5.41 Å². The summed E-state index contributed by atoms with van der Waals surface area (Å²) in [5.41, 5.74) is 6.48. The third-order valence-electron chi connectivity index (χ3n) is 2.41. The molecule has 0 saturated heterocycles. The number of nitrogens with one attached hydrogen (secondary N) is 1. The molecule has 0 bridgehead atoms. The molecular formula is C13H12BrN3S2. The van der Waals surface area contributed by atoms with Crippen molar-refractivity contribution in [1.29, 1.82) is 5.41 Å². The highest BCUT2D eigenvalue weighted by Crippen LogP contribution is 2.36. The lowest BCUT2D eigenvalue weighted by Crippen LogP contribution is -2.13. The summed E-state index contributed by atoms with van der Waals surface area (Å²) in [5.74, 6) is 0.0829. The summed E-state index contributed by atoms with van der Waals surface area (Å²) in [4.78, 5) is 6.27. The van der Waals surface area contributed by atoms with Crippen molar-refractivity contribution in [1.82, 2.24) is 4.98 Å². The van der Waals surface area contributed by atoms with Gasteiger partial charge in [0.05, 0.1) is 4.47 Å². The van der Waals surface area contributed by atoms with Gasteiger partial charge >= 0.3 is 0 Å². The smallest absolute Gasteiger partial charge is 0.125 e. The molecule has 0 fully saturated rings. The molecule has 0 spiro atoms. The molecule has 6 heteroatoms. The molecule has 0 aliphatic rings. The van der Waals surface area contributed by atoms with Crippen LogP contribution < -0.4 is 5.73 Å².